The Labute approximate surface area is 201 Å². The van der Waals surface area contributed by atoms with E-state index in [1.54, 1.807) is 19.2 Å². The second-order valence-electron chi connectivity index (χ2n) is 8.05. The molecule has 1 aliphatic rings. The smallest absolute Gasteiger partial charge is 0.328 e. The van der Waals surface area contributed by atoms with Crippen LogP contribution >= 0.6 is 0 Å². The Morgan fingerprint density at radius 2 is 1.85 bits per heavy atom. The maximum Gasteiger partial charge on any atom is 0.328 e. The van der Waals surface area contributed by atoms with Gasteiger partial charge in [-0.2, -0.15) is 0 Å². The predicted molar refractivity (Wildman–Crippen MR) is 127 cm³/mol. The molecule has 9 heteroatoms. The Bertz CT molecular complexity index is 830. The quantitative estimate of drug-likeness (QED) is 0.249. The molecule has 1 aromatic rings. The monoisotopic (exact) mass is 473 g/mol. The van der Waals surface area contributed by atoms with Crippen molar-refractivity contribution in [3.05, 3.63) is 29.8 Å². The molecule has 0 spiro atoms. The van der Waals surface area contributed by atoms with Crippen LogP contribution in [0.5, 0.6) is 5.75 Å². The highest BCUT2D eigenvalue weighted by Crippen LogP contribution is 2.13. The fraction of sp³-hybridized carbons (Fsp3) is 0.560. The molecule has 9 nitrogen and oxygen atoms in total. The van der Waals surface area contributed by atoms with E-state index >= 15 is 0 Å². The van der Waals surface area contributed by atoms with E-state index in [1.165, 1.54) is 0 Å². The summed E-state index contributed by atoms with van der Waals surface area (Å²) in [6, 6.07) is 5.32. The Morgan fingerprint density at radius 1 is 1.15 bits per heavy atom. The number of benzene rings is 1. The summed E-state index contributed by atoms with van der Waals surface area (Å²) in [5, 5.41) is 5.42. The minimum Gasteiger partial charge on any atom is -0.497 e. The predicted octanol–water partition coefficient (Wildman–Crippen LogP) is 0.906. The maximum absolute atomic E-state index is 13.0. The summed E-state index contributed by atoms with van der Waals surface area (Å²) in [6.45, 7) is 4.83. The van der Waals surface area contributed by atoms with Crippen molar-refractivity contribution >= 4 is 17.8 Å². The van der Waals surface area contributed by atoms with Gasteiger partial charge in [0.2, 0.25) is 11.8 Å². The maximum atomic E-state index is 13.0. The number of hydrogen-bond acceptors (Lipinski definition) is 7. The van der Waals surface area contributed by atoms with E-state index in [1.807, 2.05) is 24.0 Å². The van der Waals surface area contributed by atoms with Gasteiger partial charge >= 0.3 is 5.97 Å². The lowest BCUT2D eigenvalue weighted by atomic mass is 10.0. The molecule has 1 aliphatic heterocycles. The van der Waals surface area contributed by atoms with Crippen molar-refractivity contribution in [1.82, 2.24) is 15.5 Å². The molecule has 0 aromatic heterocycles. The van der Waals surface area contributed by atoms with Gasteiger partial charge in [0.15, 0.2) is 0 Å². The molecule has 2 amide bonds. The third-order valence-corrected chi connectivity index (χ3v) is 5.39. The molecule has 1 heterocycles. The molecule has 34 heavy (non-hydrogen) atoms. The van der Waals surface area contributed by atoms with Gasteiger partial charge in [-0.1, -0.05) is 25.5 Å². The van der Waals surface area contributed by atoms with Gasteiger partial charge in [0.05, 0.1) is 33.5 Å². The first-order chi connectivity index (χ1) is 16.5. The molecule has 1 fully saturated rings. The van der Waals surface area contributed by atoms with Gasteiger partial charge in [-0.15, -0.1) is 12.3 Å². The summed E-state index contributed by atoms with van der Waals surface area (Å²) in [5.41, 5.74) is 0.823. The van der Waals surface area contributed by atoms with Crippen molar-refractivity contribution in [3.8, 4) is 18.1 Å². The number of nitrogens with one attached hydrogen (secondary N) is 2. The van der Waals surface area contributed by atoms with Gasteiger partial charge in [-0.3, -0.25) is 14.5 Å². The number of carbonyl (C=O) groups is 3. The lowest BCUT2D eigenvalue weighted by molar-refractivity contribution is -0.148. The van der Waals surface area contributed by atoms with Crippen LogP contribution in [0.1, 0.15) is 31.7 Å². The zero-order valence-corrected chi connectivity index (χ0v) is 20.0. The minimum absolute atomic E-state index is 0.000816. The minimum atomic E-state index is -0.958. The second-order valence-corrected chi connectivity index (χ2v) is 8.05. The highest BCUT2D eigenvalue weighted by atomic mass is 16.5. The van der Waals surface area contributed by atoms with Crippen LogP contribution in [0.3, 0.4) is 0 Å². The van der Waals surface area contributed by atoms with E-state index in [2.05, 4.69) is 16.6 Å². The summed E-state index contributed by atoms with van der Waals surface area (Å²) >= 11 is 0. The van der Waals surface area contributed by atoms with E-state index in [0.717, 1.165) is 18.4 Å². The number of amides is 2. The number of ether oxygens (including phenoxy) is 3. The summed E-state index contributed by atoms with van der Waals surface area (Å²) in [4.78, 5) is 40.2. The number of rotatable bonds is 13. The fourth-order valence-electron chi connectivity index (χ4n) is 3.41. The molecule has 1 saturated heterocycles. The van der Waals surface area contributed by atoms with E-state index < -0.39 is 24.0 Å². The summed E-state index contributed by atoms with van der Waals surface area (Å²) < 4.78 is 15.8. The Balaban J connectivity index is 2.04. The number of carbonyl (C=O) groups excluding carboxylic acids is 3. The topological polar surface area (TPSA) is 106 Å². The zero-order chi connectivity index (χ0) is 24.8. The third-order valence-electron chi connectivity index (χ3n) is 5.39. The molecule has 2 N–H and O–H groups in total. The van der Waals surface area contributed by atoms with Crippen LogP contribution in [0.15, 0.2) is 24.3 Å². The van der Waals surface area contributed by atoms with Crippen LogP contribution in [-0.4, -0.2) is 81.3 Å². The number of esters is 1. The molecular weight excluding hydrogens is 438 g/mol. The van der Waals surface area contributed by atoms with Crippen molar-refractivity contribution < 1.29 is 28.6 Å². The van der Waals surface area contributed by atoms with Crippen LogP contribution in [0.2, 0.25) is 0 Å². The van der Waals surface area contributed by atoms with Crippen LogP contribution in [-0.2, 0) is 30.3 Å². The highest BCUT2D eigenvalue weighted by Gasteiger charge is 2.28. The van der Waals surface area contributed by atoms with Crippen LogP contribution < -0.4 is 15.4 Å². The SMILES string of the molecule is C#CC[C@H](NC(=O)CN1CCOCC1)C(=O)N[C@@H](Cc1ccc(OC)cc1)C(=O)OCCCC. The molecule has 0 radical (unpaired) electrons. The summed E-state index contributed by atoms with van der Waals surface area (Å²) in [6.07, 6.45) is 7.27. The molecule has 1 aromatic carbocycles. The first-order valence-electron chi connectivity index (χ1n) is 11.6. The van der Waals surface area contributed by atoms with Gasteiger partial charge in [0.1, 0.15) is 17.8 Å². The van der Waals surface area contributed by atoms with Crippen molar-refractivity contribution in [2.75, 3.05) is 46.6 Å². The first kappa shape index (κ1) is 27.2. The molecule has 0 unspecified atom stereocenters. The van der Waals surface area contributed by atoms with Crippen molar-refractivity contribution in [2.24, 2.45) is 0 Å². The van der Waals surface area contributed by atoms with Gasteiger partial charge in [0, 0.05) is 25.9 Å². The summed E-state index contributed by atoms with van der Waals surface area (Å²) in [7, 11) is 1.57. The van der Waals surface area contributed by atoms with Crippen molar-refractivity contribution in [3.63, 3.8) is 0 Å². The third kappa shape index (κ3) is 9.41. The zero-order valence-electron chi connectivity index (χ0n) is 20.0. The average molecular weight is 474 g/mol. The number of terminal acetylenes is 1. The van der Waals surface area contributed by atoms with E-state index in [0.29, 0.717) is 32.1 Å². The van der Waals surface area contributed by atoms with E-state index in [-0.39, 0.29) is 31.9 Å². The van der Waals surface area contributed by atoms with Crippen LogP contribution in [0.4, 0.5) is 0 Å². The lowest BCUT2D eigenvalue weighted by Gasteiger charge is -2.27. The summed E-state index contributed by atoms with van der Waals surface area (Å²) in [5.74, 6) is 1.74. The average Bonchev–Trinajstić information content (AvgIpc) is 2.84. The Hall–Kier alpha value is -3.09. The van der Waals surface area contributed by atoms with Gasteiger partial charge in [0.25, 0.3) is 0 Å². The standard InChI is InChI=1S/C25H35N3O6/c1-4-6-14-34-25(31)22(17-19-8-10-20(32-3)11-9-19)27-24(30)21(7-5-2)26-23(29)18-28-12-15-33-16-13-28/h2,8-11,21-22H,4,6-7,12-18H2,1,3H3,(H,26,29)(H,27,30)/t21-,22-/m0/s1. The van der Waals surface area contributed by atoms with Crippen molar-refractivity contribution in [2.45, 2.75) is 44.7 Å². The fourth-order valence-corrected chi connectivity index (χ4v) is 3.41. The number of nitrogens with zero attached hydrogens (tertiary/aromatic N) is 1. The molecule has 186 valence electrons. The van der Waals surface area contributed by atoms with Crippen LogP contribution in [0, 0.1) is 12.3 Å². The molecule has 2 atom stereocenters. The molecule has 2 rings (SSSR count). The second kappa shape index (κ2) is 14.9. The normalized spacial score (nSPS) is 15.4. The van der Waals surface area contributed by atoms with Crippen molar-refractivity contribution in [1.29, 1.82) is 0 Å². The van der Waals surface area contributed by atoms with Crippen LogP contribution in [0.25, 0.3) is 0 Å². The van der Waals surface area contributed by atoms with Gasteiger partial charge in [-0.25, -0.2) is 4.79 Å². The van der Waals surface area contributed by atoms with Gasteiger partial charge < -0.3 is 24.8 Å². The molecule has 0 aliphatic carbocycles. The number of methoxy groups -OCH3 is 1. The largest absolute Gasteiger partial charge is 0.497 e. The number of hydrogen-bond donors (Lipinski definition) is 2. The number of morpholine rings is 1. The Morgan fingerprint density at radius 3 is 2.47 bits per heavy atom. The number of unbranched alkanes of at least 4 members (excludes halogenated alkanes) is 1. The first-order valence-corrected chi connectivity index (χ1v) is 11.6. The van der Waals surface area contributed by atoms with Gasteiger partial charge in [-0.05, 0) is 24.1 Å². The molecular formula is C25H35N3O6. The van der Waals surface area contributed by atoms with E-state index in [9.17, 15) is 14.4 Å². The Kier molecular flexibility index (Phi) is 11.9. The highest BCUT2D eigenvalue weighted by molar-refractivity contribution is 5.91. The lowest BCUT2D eigenvalue weighted by Crippen LogP contribution is -2.54. The molecule has 0 bridgehead atoms. The molecule has 0 saturated carbocycles. The van der Waals surface area contributed by atoms with E-state index in [4.69, 9.17) is 20.6 Å².